The number of nitrogens with zero attached hydrogens (tertiary/aromatic N) is 3. The second-order valence-corrected chi connectivity index (χ2v) is 8.80. The zero-order valence-electron chi connectivity index (χ0n) is 20.6. The third kappa shape index (κ3) is 9.50. The predicted molar refractivity (Wildman–Crippen MR) is 133 cm³/mol. The van der Waals surface area contributed by atoms with Crippen LogP contribution in [0.4, 0.5) is 0 Å². The van der Waals surface area contributed by atoms with Gasteiger partial charge in [-0.1, -0.05) is 12.1 Å². The molecular formula is C25H36N4O6. The first-order valence-corrected chi connectivity index (χ1v) is 11.8. The summed E-state index contributed by atoms with van der Waals surface area (Å²) in [6.45, 7) is 9.07. The first-order valence-electron chi connectivity index (χ1n) is 11.8. The highest BCUT2D eigenvalue weighted by atomic mass is 16.5. The Morgan fingerprint density at radius 1 is 1.17 bits per heavy atom. The molecule has 10 heteroatoms. The van der Waals surface area contributed by atoms with Crippen molar-refractivity contribution in [2.24, 2.45) is 5.92 Å². The SMILES string of the molecule is COCCCN1CCC(CNC(=O)c2cccc3cn(C(C)C)nc23)CC1.O=C(O)/C=C/C(=O)O. The van der Waals surface area contributed by atoms with Gasteiger partial charge in [-0.15, -0.1) is 0 Å². The van der Waals surface area contributed by atoms with E-state index in [4.69, 9.17) is 14.9 Å². The van der Waals surface area contributed by atoms with Crippen LogP contribution in [0, 0.1) is 5.92 Å². The molecule has 0 unspecified atom stereocenters. The summed E-state index contributed by atoms with van der Waals surface area (Å²) in [7, 11) is 1.75. The highest BCUT2D eigenvalue weighted by molar-refractivity contribution is 6.05. The topological polar surface area (TPSA) is 134 Å². The first-order chi connectivity index (χ1) is 16.7. The number of carboxylic acid groups (broad SMARTS) is 2. The number of benzene rings is 1. The molecule has 1 saturated heterocycles. The van der Waals surface area contributed by atoms with Crippen molar-refractivity contribution < 1.29 is 29.3 Å². The minimum absolute atomic E-state index is 0.0165. The van der Waals surface area contributed by atoms with Gasteiger partial charge >= 0.3 is 11.9 Å². The van der Waals surface area contributed by atoms with E-state index < -0.39 is 11.9 Å². The van der Waals surface area contributed by atoms with E-state index in [2.05, 4.69) is 29.2 Å². The van der Waals surface area contributed by atoms with Crippen LogP contribution in [0.5, 0.6) is 0 Å². The van der Waals surface area contributed by atoms with Crippen molar-refractivity contribution in [2.75, 3.05) is 39.9 Å². The Labute approximate surface area is 205 Å². The van der Waals surface area contributed by atoms with Crippen molar-refractivity contribution in [3.63, 3.8) is 0 Å². The molecule has 192 valence electrons. The summed E-state index contributed by atoms with van der Waals surface area (Å²) in [4.78, 5) is 34.3. The Bertz CT molecular complexity index is 993. The van der Waals surface area contributed by atoms with E-state index in [-0.39, 0.29) is 11.9 Å². The number of piperidine rings is 1. The van der Waals surface area contributed by atoms with Gasteiger partial charge in [0.15, 0.2) is 0 Å². The van der Waals surface area contributed by atoms with E-state index in [9.17, 15) is 14.4 Å². The number of fused-ring (bicyclic) bond motifs is 1. The fourth-order valence-electron chi connectivity index (χ4n) is 3.83. The second-order valence-electron chi connectivity index (χ2n) is 8.80. The molecule has 0 spiro atoms. The molecular weight excluding hydrogens is 452 g/mol. The number of ether oxygens (including phenoxy) is 1. The fraction of sp³-hybridized carbons (Fsp3) is 0.520. The van der Waals surface area contributed by atoms with Crippen molar-refractivity contribution in [2.45, 2.75) is 39.2 Å². The molecule has 1 aromatic carbocycles. The van der Waals surface area contributed by atoms with Crippen LogP contribution in [0.1, 0.15) is 49.5 Å². The maximum absolute atomic E-state index is 12.7. The number of methoxy groups -OCH3 is 1. The van der Waals surface area contributed by atoms with Crippen LogP contribution in [0.3, 0.4) is 0 Å². The van der Waals surface area contributed by atoms with Crippen LogP contribution in [0.15, 0.2) is 36.5 Å². The van der Waals surface area contributed by atoms with Gasteiger partial charge in [0.05, 0.1) is 5.56 Å². The lowest BCUT2D eigenvalue weighted by molar-refractivity contribution is -0.134. The Morgan fingerprint density at radius 3 is 2.40 bits per heavy atom. The third-order valence-electron chi connectivity index (χ3n) is 5.78. The van der Waals surface area contributed by atoms with E-state index >= 15 is 0 Å². The average Bonchev–Trinajstić information content (AvgIpc) is 3.28. The standard InChI is InChI=1S/C21H32N4O2.C4H4O4/c1-16(2)25-15-18-6-4-7-19(20(18)23-25)21(26)22-14-17-8-11-24(12-9-17)10-5-13-27-3;5-3(6)1-2-4(7)8/h4,6-7,15-17H,5,8-14H2,1-3H3,(H,22,26);1-2H,(H,5,6)(H,7,8)/b;2-1+. The quantitative estimate of drug-likeness (QED) is 0.343. The van der Waals surface area contributed by atoms with Gasteiger partial charge in [-0.05, 0) is 58.2 Å². The molecule has 2 heterocycles. The minimum Gasteiger partial charge on any atom is -0.478 e. The Hall–Kier alpha value is -3.24. The highest BCUT2D eigenvalue weighted by Gasteiger charge is 2.20. The minimum atomic E-state index is -1.26. The molecule has 0 atom stereocenters. The summed E-state index contributed by atoms with van der Waals surface area (Å²) in [6.07, 6.45) is 6.49. The number of rotatable bonds is 10. The van der Waals surface area contributed by atoms with Gasteiger partial charge in [0, 0.05) is 56.6 Å². The van der Waals surface area contributed by atoms with Gasteiger partial charge in [-0.2, -0.15) is 5.10 Å². The van der Waals surface area contributed by atoms with Crippen LogP contribution >= 0.6 is 0 Å². The maximum Gasteiger partial charge on any atom is 0.328 e. The number of hydrogen-bond donors (Lipinski definition) is 3. The van der Waals surface area contributed by atoms with Gasteiger partial charge in [-0.3, -0.25) is 9.48 Å². The van der Waals surface area contributed by atoms with E-state index in [0.29, 0.717) is 23.6 Å². The summed E-state index contributed by atoms with van der Waals surface area (Å²) in [5.74, 6) is -1.98. The van der Waals surface area contributed by atoms with Crippen molar-refractivity contribution in [1.29, 1.82) is 0 Å². The number of carboxylic acids is 2. The molecule has 35 heavy (non-hydrogen) atoms. The molecule has 1 aliphatic rings. The zero-order valence-corrected chi connectivity index (χ0v) is 20.6. The van der Waals surface area contributed by atoms with Crippen LogP contribution in [-0.2, 0) is 14.3 Å². The van der Waals surface area contributed by atoms with Gasteiger partial charge in [0.1, 0.15) is 5.52 Å². The third-order valence-corrected chi connectivity index (χ3v) is 5.78. The number of likely N-dealkylation sites (tertiary alicyclic amines) is 1. The zero-order chi connectivity index (χ0) is 25.8. The van der Waals surface area contributed by atoms with E-state index in [1.807, 2.05) is 29.1 Å². The van der Waals surface area contributed by atoms with Crippen LogP contribution in [0.25, 0.3) is 10.9 Å². The van der Waals surface area contributed by atoms with Crippen molar-refractivity contribution in [1.82, 2.24) is 20.0 Å². The summed E-state index contributed by atoms with van der Waals surface area (Å²) in [5, 5.41) is 24.4. The largest absolute Gasteiger partial charge is 0.478 e. The molecule has 0 saturated carbocycles. The molecule has 0 radical (unpaired) electrons. The number of carbonyl (C=O) groups excluding carboxylic acids is 1. The van der Waals surface area contributed by atoms with E-state index in [1.165, 1.54) is 0 Å². The van der Waals surface area contributed by atoms with Gasteiger partial charge in [0.2, 0.25) is 0 Å². The normalized spacial score (nSPS) is 14.7. The molecule has 3 N–H and O–H groups in total. The van der Waals surface area contributed by atoms with Crippen molar-refractivity contribution >= 4 is 28.7 Å². The van der Waals surface area contributed by atoms with Crippen LogP contribution in [0.2, 0.25) is 0 Å². The number of nitrogens with one attached hydrogen (secondary N) is 1. The number of aliphatic carboxylic acids is 2. The van der Waals surface area contributed by atoms with E-state index in [1.54, 1.807) is 7.11 Å². The fourth-order valence-corrected chi connectivity index (χ4v) is 3.83. The van der Waals surface area contributed by atoms with Gasteiger partial charge < -0.3 is 25.2 Å². The number of aromatic nitrogens is 2. The number of hydrogen-bond acceptors (Lipinski definition) is 6. The van der Waals surface area contributed by atoms with Crippen molar-refractivity contribution in [3.8, 4) is 0 Å². The maximum atomic E-state index is 12.7. The Morgan fingerprint density at radius 2 is 1.83 bits per heavy atom. The summed E-state index contributed by atoms with van der Waals surface area (Å²) < 4.78 is 7.04. The lowest BCUT2D eigenvalue weighted by Gasteiger charge is -2.31. The smallest absolute Gasteiger partial charge is 0.328 e. The van der Waals surface area contributed by atoms with Crippen LogP contribution < -0.4 is 5.32 Å². The summed E-state index contributed by atoms with van der Waals surface area (Å²) in [6, 6.07) is 6.09. The lowest BCUT2D eigenvalue weighted by atomic mass is 9.96. The molecule has 0 aliphatic carbocycles. The van der Waals surface area contributed by atoms with Crippen molar-refractivity contribution in [3.05, 3.63) is 42.1 Å². The molecule has 1 aliphatic heterocycles. The monoisotopic (exact) mass is 488 g/mol. The summed E-state index contributed by atoms with van der Waals surface area (Å²) >= 11 is 0. The average molecular weight is 489 g/mol. The second kappa shape index (κ2) is 14.2. The Kier molecular flexibility index (Phi) is 11.4. The van der Waals surface area contributed by atoms with Gasteiger partial charge in [0.25, 0.3) is 5.91 Å². The molecule has 10 nitrogen and oxygen atoms in total. The Balaban J connectivity index is 0.000000466. The number of carbonyl (C=O) groups is 3. The predicted octanol–water partition coefficient (Wildman–Crippen LogP) is 2.81. The van der Waals surface area contributed by atoms with E-state index in [0.717, 1.165) is 63.0 Å². The molecule has 1 amide bonds. The summed E-state index contributed by atoms with van der Waals surface area (Å²) in [5.41, 5.74) is 1.46. The molecule has 0 bridgehead atoms. The van der Waals surface area contributed by atoms with Crippen LogP contribution in [-0.4, -0.2) is 82.6 Å². The lowest BCUT2D eigenvalue weighted by Crippen LogP contribution is -2.39. The molecule has 3 rings (SSSR count). The molecule has 2 aromatic rings. The van der Waals surface area contributed by atoms with Gasteiger partial charge in [-0.25, -0.2) is 9.59 Å². The highest BCUT2D eigenvalue weighted by Crippen LogP contribution is 2.20. The molecule has 1 fully saturated rings. The number of amides is 1. The first kappa shape index (κ1) is 28.0. The molecule has 1 aromatic heterocycles.